The van der Waals surface area contributed by atoms with Crippen LogP contribution >= 0.6 is 11.6 Å². The fourth-order valence-electron chi connectivity index (χ4n) is 2.76. The first-order chi connectivity index (χ1) is 12.5. The van der Waals surface area contributed by atoms with E-state index >= 15 is 0 Å². The number of nitro groups is 1. The van der Waals surface area contributed by atoms with E-state index in [1.807, 2.05) is 12.1 Å². The third-order valence-electron chi connectivity index (χ3n) is 4.00. The van der Waals surface area contributed by atoms with Crippen LogP contribution in [0.2, 0.25) is 5.02 Å². The molecule has 0 aliphatic rings. The maximum atomic E-state index is 13.6. The van der Waals surface area contributed by atoms with E-state index in [0.29, 0.717) is 21.9 Å². The first-order valence-electron chi connectivity index (χ1n) is 7.57. The molecule has 0 aliphatic heterocycles. The Morgan fingerprint density at radius 3 is 2.54 bits per heavy atom. The van der Waals surface area contributed by atoms with Gasteiger partial charge >= 0.3 is 5.69 Å². The summed E-state index contributed by atoms with van der Waals surface area (Å²) < 4.78 is 15.2. The first-order valence-corrected chi connectivity index (χ1v) is 7.95. The van der Waals surface area contributed by atoms with Gasteiger partial charge in [-0.3, -0.25) is 10.1 Å². The maximum Gasteiger partial charge on any atom is 0.305 e. The normalized spacial score (nSPS) is 11.0. The van der Waals surface area contributed by atoms with Gasteiger partial charge in [0.2, 0.25) is 5.82 Å². The molecule has 8 heteroatoms. The summed E-state index contributed by atoms with van der Waals surface area (Å²) >= 11 is 5.93. The van der Waals surface area contributed by atoms with Crippen LogP contribution in [0, 0.1) is 15.9 Å². The van der Waals surface area contributed by atoms with Crippen molar-refractivity contribution >= 4 is 22.9 Å². The third kappa shape index (κ3) is 2.68. The van der Waals surface area contributed by atoms with E-state index < -0.39 is 16.4 Å². The third-order valence-corrected chi connectivity index (χ3v) is 4.25. The molecule has 0 N–H and O–H groups in total. The number of aromatic nitrogens is 3. The van der Waals surface area contributed by atoms with Gasteiger partial charge in [-0.1, -0.05) is 23.7 Å². The van der Waals surface area contributed by atoms with Crippen LogP contribution in [-0.2, 0) is 0 Å². The first kappa shape index (κ1) is 16.2. The molecule has 0 saturated carbocycles. The summed E-state index contributed by atoms with van der Waals surface area (Å²) in [6.07, 6.45) is 3.24. The second kappa shape index (κ2) is 6.20. The number of benzene rings is 2. The molecule has 2 aromatic carbocycles. The zero-order chi connectivity index (χ0) is 18.3. The van der Waals surface area contributed by atoms with Gasteiger partial charge in [0, 0.05) is 28.4 Å². The van der Waals surface area contributed by atoms with Gasteiger partial charge < -0.3 is 0 Å². The van der Waals surface area contributed by atoms with Crippen LogP contribution in [0.5, 0.6) is 0 Å². The minimum absolute atomic E-state index is 0.469. The van der Waals surface area contributed by atoms with Crippen LogP contribution in [0.4, 0.5) is 10.1 Å². The lowest BCUT2D eigenvalue weighted by molar-refractivity contribution is -0.387. The minimum Gasteiger partial charge on any atom is -0.258 e. The minimum atomic E-state index is -0.883. The Morgan fingerprint density at radius 2 is 1.81 bits per heavy atom. The number of nitrogens with zero attached hydrogens (tertiary/aromatic N) is 4. The smallest absolute Gasteiger partial charge is 0.258 e. The zero-order valence-electron chi connectivity index (χ0n) is 13.1. The van der Waals surface area contributed by atoms with Crippen molar-refractivity contribution in [2.45, 2.75) is 0 Å². The zero-order valence-corrected chi connectivity index (χ0v) is 13.9. The highest BCUT2D eigenvalue weighted by Crippen LogP contribution is 2.30. The Kier molecular flexibility index (Phi) is 3.85. The molecular formula is C18H10ClFN4O2. The van der Waals surface area contributed by atoms with Crippen molar-refractivity contribution in [3.63, 3.8) is 0 Å². The van der Waals surface area contributed by atoms with E-state index in [1.54, 1.807) is 35.1 Å². The van der Waals surface area contributed by atoms with Gasteiger partial charge in [0.15, 0.2) is 5.65 Å². The SMILES string of the molecule is O=[N+]([O-])c1cc(-c2ccnc3c(-c4ccc(Cl)cc4)cnn23)ccc1F. The summed E-state index contributed by atoms with van der Waals surface area (Å²) in [6, 6.07) is 12.7. The monoisotopic (exact) mass is 368 g/mol. The predicted molar refractivity (Wildman–Crippen MR) is 95.5 cm³/mol. The van der Waals surface area contributed by atoms with Crippen molar-refractivity contribution in [3.05, 3.63) is 81.9 Å². The van der Waals surface area contributed by atoms with Crippen molar-refractivity contribution in [3.8, 4) is 22.4 Å². The number of fused-ring (bicyclic) bond motifs is 1. The van der Waals surface area contributed by atoms with Gasteiger partial charge in [-0.25, -0.2) is 9.50 Å². The van der Waals surface area contributed by atoms with Crippen LogP contribution in [0.15, 0.2) is 60.9 Å². The molecule has 0 aliphatic carbocycles. The number of halogens is 2. The van der Waals surface area contributed by atoms with Crippen molar-refractivity contribution in [2.24, 2.45) is 0 Å². The largest absolute Gasteiger partial charge is 0.305 e. The van der Waals surface area contributed by atoms with Crippen LogP contribution < -0.4 is 0 Å². The molecule has 0 saturated heterocycles. The molecule has 0 unspecified atom stereocenters. The maximum absolute atomic E-state index is 13.6. The molecular weight excluding hydrogens is 359 g/mol. The Labute approximate surface area is 151 Å². The van der Waals surface area contributed by atoms with Crippen LogP contribution in [-0.4, -0.2) is 19.5 Å². The van der Waals surface area contributed by atoms with Crippen LogP contribution in [0.3, 0.4) is 0 Å². The molecule has 128 valence electrons. The van der Waals surface area contributed by atoms with E-state index in [1.165, 1.54) is 12.1 Å². The number of hydrogen-bond donors (Lipinski definition) is 0. The molecule has 0 spiro atoms. The van der Waals surface area contributed by atoms with E-state index in [2.05, 4.69) is 10.1 Å². The topological polar surface area (TPSA) is 73.3 Å². The fourth-order valence-corrected chi connectivity index (χ4v) is 2.88. The van der Waals surface area contributed by atoms with E-state index in [0.717, 1.165) is 17.2 Å². The lowest BCUT2D eigenvalue weighted by atomic mass is 10.1. The Morgan fingerprint density at radius 1 is 1.08 bits per heavy atom. The average Bonchev–Trinajstić information content (AvgIpc) is 3.07. The van der Waals surface area contributed by atoms with Gasteiger partial charge in [-0.05, 0) is 35.9 Å². The quantitative estimate of drug-likeness (QED) is 0.386. The second-order valence-electron chi connectivity index (χ2n) is 5.55. The van der Waals surface area contributed by atoms with Gasteiger partial charge in [0.25, 0.3) is 0 Å². The Balaban J connectivity index is 1.89. The average molecular weight is 369 g/mol. The Bertz CT molecular complexity index is 1140. The molecule has 0 radical (unpaired) electrons. The highest BCUT2D eigenvalue weighted by atomic mass is 35.5. The standard InChI is InChI=1S/C18H10ClFN4O2/c19-13-4-1-11(2-5-13)14-10-22-23-16(7-8-21-18(14)23)12-3-6-15(20)17(9-12)24(25)26/h1-10H. The number of hydrogen-bond acceptors (Lipinski definition) is 4. The lowest BCUT2D eigenvalue weighted by Crippen LogP contribution is -1.98. The van der Waals surface area contributed by atoms with E-state index in [4.69, 9.17) is 11.6 Å². The van der Waals surface area contributed by atoms with Crippen LogP contribution in [0.25, 0.3) is 28.0 Å². The van der Waals surface area contributed by atoms with Crippen LogP contribution in [0.1, 0.15) is 0 Å². The molecule has 6 nitrogen and oxygen atoms in total. The highest BCUT2D eigenvalue weighted by molar-refractivity contribution is 6.30. The fraction of sp³-hybridized carbons (Fsp3) is 0. The molecule has 0 bridgehead atoms. The van der Waals surface area contributed by atoms with Crippen molar-refractivity contribution in [1.82, 2.24) is 14.6 Å². The molecule has 2 aromatic heterocycles. The molecule has 26 heavy (non-hydrogen) atoms. The van der Waals surface area contributed by atoms with E-state index in [9.17, 15) is 14.5 Å². The van der Waals surface area contributed by atoms with Crippen molar-refractivity contribution in [2.75, 3.05) is 0 Å². The molecule has 0 amide bonds. The molecule has 0 atom stereocenters. The second-order valence-corrected chi connectivity index (χ2v) is 5.99. The summed E-state index contributed by atoms with van der Waals surface area (Å²) in [5.41, 5.74) is 2.71. The molecule has 0 fully saturated rings. The van der Waals surface area contributed by atoms with Gasteiger partial charge in [0.05, 0.1) is 16.8 Å². The summed E-state index contributed by atoms with van der Waals surface area (Å²) in [5, 5.41) is 16.0. The summed E-state index contributed by atoms with van der Waals surface area (Å²) in [5.74, 6) is -0.883. The van der Waals surface area contributed by atoms with Crippen molar-refractivity contribution in [1.29, 1.82) is 0 Å². The summed E-state index contributed by atoms with van der Waals surface area (Å²) in [4.78, 5) is 14.6. The predicted octanol–water partition coefficient (Wildman–Crippen LogP) is 4.76. The summed E-state index contributed by atoms with van der Waals surface area (Å²) in [6.45, 7) is 0. The van der Waals surface area contributed by atoms with Gasteiger partial charge in [0.1, 0.15) is 0 Å². The van der Waals surface area contributed by atoms with Crippen molar-refractivity contribution < 1.29 is 9.31 Å². The van der Waals surface area contributed by atoms with E-state index in [-0.39, 0.29) is 0 Å². The lowest BCUT2D eigenvalue weighted by Gasteiger charge is -2.06. The molecule has 4 rings (SSSR count). The summed E-state index contributed by atoms with van der Waals surface area (Å²) in [7, 11) is 0. The Hall–Kier alpha value is -3.32. The molecule has 2 heterocycles. The van der Waals surface area contributed by atoms with Gasteiger partial charge in [-0.15, -0.1) is 0 Å². The molecule has 4 aromatic rings. The van der Waals surface area contributed by atoms with Gasteiger partial charge in [-0.2, -0.15) is 9.49 Å². The number of rotatable bonds is 3. The number of nitro benzene ring substituents is 1. The highest BCUT2D eigenvalue weighted by Gasteiger charge is 2.17.